The Morgan fingerprint density at radius 1 is 1.08 bits per heavy atom. The number of nitrogens with zero attached hydrogens (tertiary/aromatic N) is 2. The van der Waals surface area contributed by atoms with Crippen LogP contribution in [0.2, 0.25) is 0 Å². The van der Waals surface area contributed by atoms with Crippen molar-refractivity contribution in [2.75, 3.05) is 0 Å². The average molecular weight is 354 g/mol. The summed E-state index contributed by atoms with van der Waals surface area (Å²) >= 11 is 0. The number of alkyl halides is 2. The first kappa shape index (κ1) is 17.7. The van der Waals surface area contributed by atoms with Gasteiger partial charge in [0.05, 0.1) is 5.56 Å². The van der Waals surface area contributed by atoms with Gasteiger partial charge in [-0.25, -0.2) is 23.5 Å². The predicted molar refractivity (Wildman–Crippen MR) is 93.2 cm³/mol. The predicted octanol–water partition coefficient (Wildman–Crippen LogP) is 4.54. The van der Waals surface area contributed by atoms with Gasteiger partial charge in [0.2, 0.25) is 0 Å². The molecule has 0 radical (unpaired) electrons. The van der Waals surface area contributed by atoms with Crippen LogP contribution in [-0.4, -0.2) is 21.0 Å². The quantitative estimate of drug-likeness (QED) is 0.730. The molecule has 2 aromatic carbocycles. The van der Waals surface area contributed by atoms with Gasteiger partial charge in [-0.2, -0.15) is 0 Å². The molecule has 1 heterocycles. The Morgan fingerprint density at radius 2 is 1.73 bits per heavy atom. The highest BCUT2D eigenvalue weighted by molar-refractivity contribution is 5.89. The molecule has 6 heteroatoms. The van der Waals surface area contributed by atoms with Crippen molar-refractivity contribution < 1.29 is 18.7 Å². The highest BCUT2D eigenvalue weighted by Crippen LogP contribution is 2.28. The van der Waals surface area contributed by atoms with Gasteiger partial charge in [-0.3, -0.25) is 0 Å². The molecule has 4 nitrogen and oxygen atoms in total. The molecular formula is C20H16F2N2O2. The Kier molecular flexibility index (Phi) is 4.75. The lowest BCUT2D eigenvalue weighted by molar-refractivity contribution is 0.0174. The molecule has 3 aromatic rings. The van der Waals surface area contributed by atoms with Gasteiger partial charge in [0, 0.05) is 30.4 Å². The fraction of sp³-hybridized carbons (Fsp3) is 0.150. The van der Waals surface area contributed by atoms with Crippen LogP contribution in [0.3, 0.4) is 0 Å². The van der Waals surface area contributed by atoms with E-state index in [0.29, 0.717) is 17.8 Å². The summed E-state index contributed by atoms with van der Waals surface area (Å²) in [5.74, 6) is -3.50. The number of halogens is 2. The molecular weight excluding hydrogens is 338 g/mol. The van der Waals surface area contributed by atoms with Gasteiger partial charge in [-0.05, 0) is 35.7 Å². The van der Waals surface area contributed by atoms with Crippen LogP contribution in [0.5, 0.6) is 0 Å². The first-order valence-corrected chi connectivity index (χ1v) is 7.95. The SMILES string of the molecule is CC(F)(F)c1ccc(Cc2ccc(C(=O)O)cc2-c2ncccn2)cc1. The van der Waals surface area contributed by atoms with E-state index in [1.807, 2.05) is 0 Å². The number of aromatic carboxylic acids is 1. The molecule has 0 saturated heterocycles. The van der Waals surface area contributed by atoms with Gasteiger partial charge in [0.25, 0.3) is 5.92 Å². The highest BCUT2D eigenvalue weighted by Gasteiger charge is 2.23. The summed E-state index contributed by atoms with van der Waals surface area (Å²) in [5, 5.41) is 9.23. The van der Waals surface area contributed by atoms with Crippen molar-refractivity contribution in [1.29, 1.82) is 0 Å². The zero-order valence-electron chi connectivity index (χ0n) is 14.0. The van der Waals surface area contributed by atoms with E-state index in [1.54, 1.807) is 36.7 Å². The third-order valence-corrected chi connectivity index (χ3v) is 4.02. The van der Waals surface area contributed by atoms with E-state index < -0.39 is 11.9 Å². The zero-order valence-corrected chi connectivity index (χ0v) is 14.0. The molecule has 0 aliphatic carbocycles. The fourth-order valence-corrected chi connectivity index (χ4v) is 2.65. The number of hydrogen-bond donors (Lipinski definition) is 1. The number of aromatic nitrogens is 2. The van der Waals surface area contributed by atoms with E-state index in [1.165, 1.54) is 24.3 Å². The smallest absolute Gasteiger partial charge is 0.335 e. The Balaban J connectivity index is 1.98. The molecule has 1 aromatic heterocycles. The summed E-state index contributed by atoms with van der Waals surface area (Å²) < 4.78 is 26.7. The Labute approximate surface area is 149 Å². The van der Waals surface area contributed by atoms with Gasteiger partial charge in [-0.15, -0.1) is 0 Å². The first-order chi connectivity index (χ1) is 12.3. The maximum atomic E-state index is 13.3. The standard InChI is InChI=1S/C20H16F2N2O2/c1-20(21,22)16-7-3-13(4-8-16)11-14-5-6-15(19(25)26)12-17(14)18-23-9-2-10-24-18/h2-10,12H,11H2,1H3,(H,25,26). The minimum atomic E-state index is -2.88. The van der Waals surface area contributed by atoms with Crippen LogP contribution in [0.4, 0.5) is 8.78 Å². The molecule has 0 aliphatic rings. The Morgan fingerprint density at radius 3 is 2.31 bits per heavy atom. The van der Waals surface area contributed by atoms with E-state index in [4.69, 9.17) is 0 Å². The summed E-state index contributed by atoms with van der Waals surface area (Å²) in [5.41, 5.74) is 2.34. The molecule has 0 aliphatic heterocycles. The summed E-state index contributed by atoms with van der Waals surface area (Å²) in [7, 11) is 0. The fourth-order valence-electron chi connectivity index (χ4n) is 2.65. The van der Waals surface area contributed by atoms with Crippen LogP contribution in [-0.2, 0) is 12.3 Å². The van der Waals surface area contributed by atoms with E-state index in [-0.39, 0.29) is 11.1 Å². The molecule has 0 atom stereocenters. The van der Waals surface area contributed by atoms with Crippen molar-refractivity contribution in [3.63, 3.8) is 0 Å². The topological polar surface area (TPSA) is 63.1 Å². The number of rotatable bonds is 5. The van der Waals surface area contributed by atoms with Crippen molar-refractivity contribution in [2.24, 2.45) is 0 Å². The molecule has 132 valence electrons. The number of hydrogen-bond acceptors (Lipinski definition) is 3. The third kappa shape index (κ3) is 3.91. The van der Waals surface area contributed by atoms with Gasteiger partial charge in [0.15, 0.2) is 5.82 Å². The number of benzene rings is 2. The van der Waals surface area contributed by atoms with E-state index in [2.05, 4.69) is 9.97 Å². The van der Waals surface area contributed by atoms with Gasteiger partial charge in [-0.1, -0.05) is 30.3 Å². The molecule has 0 bridgehead atoms. The molecule has 0 fully saturated rings. The van der Waals surface area contributed by atoms with Crippen molar-refractivity contribution in [1.82, 2.24) is 9.97 Å². The summed E-state index contributed by atoms with van der Waals surface area (Å²) in [6, 6.07) is 12.5. The van der Waals surface area contributed by atoms with Crippen molar-refractivity contribution in [3.05, 3.63) is 83.2 Å². The van der Waals surface area contributed by atoms with Crippen molar-refractivity contribution in [3.8, 4) is 11.4 Å². The highest BCUT2D eigenvalue weighted by atomic mass is 19.3. The van der Waals surface area contributed by atoms with Crippen LogP contribution >= 0.6 is 0 Å². The molecule has 1 N–H and O–H groups in total. The molecule has 0 spiro atoms. The van der Waals surface area contributed by atoms with E-state index in [9.17, 15) is 18.7 Å². The third-order valence-electron chi connectivity index (χ3n) is 4.02. The summed E-state index contributed by atoms with van der Waals surface area (Å²) in [6.45, 7) is 0.859. The lowest BCUT2D eigenvalue weighted by Gasteiger charge is -2.13. The van der Waals surface area contributed by atoms with Crippen molar-refractivity contribution in [2.45, 2.75) is 19.3 Å². The van der Waals surface area contributed by atoms with E-state index >= 15 is 0 Å². The van der Waals surface area contributed by atoms with Gasteiger partial charge < -0.3 is 5.11 Å². The number of carboxylic acid groups (broad SMARTS) is 1. The largest absolute Gasteiger partial charge is 0.478 e. The van der Waals surface area contributed by atoms with Crippen molar-refractivity contribution >= 4 is 5.97 Å². The van der Waals surface area contributed by atoms with Crippen LogP contribution < -0.4 is 0 Å². The number of carboxylic acids is 1. The first-order valence-electron chi connectivity index (χ1n) is 7.95. The lowest BCUT2D eigenvalue weighted by Crippen LogP contribution is -2.06. The van der Waals surface area contributed by atoms with Gasteiger partial charge >= 0.3 is 5.97 Å². The zero-order chi connectivity index (χ0) is 18.7. The van der Waals surface area contributed by atoms with Crippen LogP contribution in [0, 0.1) is 0 Å². The Hall–Kier alpha value is -3.15. The normalized spacial score (nSPS) is 11.3. The lowest BCUT2D eigenvalue weighted by atomic mass is 9.96. The molecule has 26 heavy (non-hydrogen) atoms. The maximum Gasteiger partial charge on any atom is 0.335 e. The monoisotopic (exact) mass is 354 g/mol. The van der Waals surface area contributed by atoms with Gasteiger partial charge in [0.1, 0.15) is 0 Å². The number of carbonyl (C=O) groups is 1. The second-order valence-electron chi connectivity index (χ2n) is 6.01. The maximum absolute atomic E-state index is 13.3. The van der Waals surface area contributed by atoms with E-state index in [0.717, 1.165) is 18.1 Å². The Bertz CT molecular complexity index is 921. The summed E-state index contributed by atoms with van der Waals surface area (Å²) in [6.07, 6.45) is 3.61. The molecule has 0 amide bonds. The minimum absolute atomic E-state index is 0.0471. The molecule has 3 rings (SSSR count). The second-order valence-corrected chi connectivity index (χ2v) is 6.01. The summed E-state index contributed by atoms with van der Waals surface area (Å²) in [4.78, 5) is 19.7. The van der Waals surface area contributed by atoms with Crippen LogP contribution in [0.1, 0.15) is 34.0 Å². The molecule has 0 saturated carbocycles. The van der Waals surface area contributed by atoms with Crippen LogP contribution in [0.25, 0.3) is 11.4 Å². The molecule has 0 unspecified atom stereocenters. The van der Waals surface area contributed by atoms with Crippen LogP contribution in [0.15, 0.2) is 60.9 Å². The average Bonchev–Trinajstić information content (AvgIpc) is 2.62. The minimum Gasteiger partial charge on any atom is -0.478 e. The second kappa shape index (κ2) is 7.00.